The first-order valence-electron chi connectivity index (χ1n) is 8.60. The second-order valence-electron chi connectivity index (χ2n) is 6.46. The van der Waals surface area contributed by atoms with Crippen LogP contribution in [0.2, 0.25) is 0 Å². The molecule has 0 spiro atoms. The number of carbonyl (C=O) groups excluding carboxylic acids is 2. The molecule has 0 bridgehead atoms. The third kappa shape index (κ3) is 4.84. The first kappa shape index (κ1) is 18.5. The van der Waals surface area contributed by atoms with Crippen LogP contribution >= 0.6 is 11.8 Å². The van der Waals surface area contributed by atoms with Crippen LogP contribution in [0.3, 0.4) is 0 Å². The summed E-state index contributed by atoms with van der Waals surface area (Å²) in [7, 11) is 0. The molecular weight excluding hydrogens is 312 g/mol. The fraction of sp³-hybridized carbons (Fsp3) is 0.875. The minimum absolute atomic E-state index is 0.0530. The molecule has 0 saturated carbocycles. The van der Waals surface area contributed by atoms with Gasteiger partial charge in [0.1, 0.15) is 0 Å². The molecule has 2 saturated heterocycles. The molecule has 132 valence electrons. The number of rotatable bonds is 6. The van der Waals surface area contributed by atoms with Crippen molar-refractivity contribution in [3.8, 4) is 0 Å². The largest absolute Gasteiger partial charge is 0.341 e. The van der Waals surface area contributed by atoms with Crippen LogP contribution < -0.4 is 5.73 Å². The first-order valence-corrected chi connectivity index (χ1v) is 10.00. The maximum absolute atomic E-state index is 12.5. The Bertz CT molecular complexity index is 407. The zero-order valence-corrected chi connectivity index (χ0v) is 15.2. The van der Waals surface area contributed by atoms with E-state index in [1.807, 2.05) is 23.0 Å². The first-order chi connectivity index (χ1) is 11.0. The summed E-state index contributed by atoms with van der Waals surface area (Å²) >= 11 is 1.71. The lowest BCUT2D eigenvalue weighted by Gasteiger charge is -2.39. The Balaban J connectivity index is 1.78. The van der Waals surface area contributed by atoms with E-state index in [1.165, 1.54) is 0 Å². The van der Waals surface area contributed by atoms with Crippen molar-refractivity contribution in [1.29, 1.82) is 0 Å². The number of hydrogen-bond donors (Lipinski definition) is 1. The van der Waals surface area contributed by atoms with Gasteiger partial charge in [0, 0.05) is 39.3 Å². The van der Waals surface area contributed by atoms with Gasteiger partial charge < -0.3 is 15.5 Å². The third-order valence-electron chi connectivity index (χ3n) is 4.90. The lowest BCUT2D eigenvalue weighted by atomic mass is 10.1. The molecule has 2 N–H and O–H groups in total. The summed E-state index contributed by atoms with van der Waals surface area (Å²) in [6.07, 6.45) is 4.99. The highest BCUT2D eigenvalue weighted by molar-refractivity contribution is 7.98. The van der Waals surface area contributed by atoms with Crippen LogP contribution in [-0.2, 0) is 9.59 Å². The van der Waals surface area contributed by atoms with Crippen LogP contribution in [0, 0.1) is 0 Å². The van der Waals surface area contributed by atoms with Gasteiger partial charge in [0.15, 0.2) is 0 Å². The van der Waals surface area contributed by atoms with E-state index < -0.39 is 6.04 Å². The summed E-state index contributed by atoms with van der Waals surface area (Å²) in [5, 5.41) is 0. The molecule has 0 aromatic rings. The number of piperazine rings is 1. The van der Waals surface area contributed by atoms with Gasteiger partial charge in [-0.15, -0.1) is 0 Å². The van der Waals surface area contributed by atoms with Crippen LogP contribution in [0.5, 0.6) is 0 Å². The van der Waals surface area contributed by atoms with Crippen molar-refractivity contribution < 1.29 is 9.59 Å². The van der Waals surface area contributed by atoms with Crippen LogP contribution in [-0.4, -0.2) is 89.9 Å². The molecule has 0 radical (unpaired) electrons. The highest BCUT2D eigenvalue weighted by Gasteiger charge is 2.31. The number of nitrogens with two attached hydrogens (primary N) is 1. The van der Waals surface area contributed by atoms with Gasteiger partial charge in [-0.25, -0.2) is 0 Å². The Morgan fingerprint density at radius 2 is 1.57 bits per heavy atom. The molecule has 6 nitrogen and oxygen atoms in total. The molecule has 0 aromatic heterocycles. The second kappa shape index (κ2) is 8.89. The fourth-order valence-corrected chi connectivity index (χ4v) is 3.78. The van der Waals surface area contributed by atoms with E-state index in [4.69, 9.17) is 5.73 Å². The number of thioether (sulfide) groups is 1. The zero-order chi connectivity index (χ0) is 16.8. The van der Waals surface area contributed by atoms with Crippen LogP contribution in [0.1, 0.15) is 26.2 Å². The maximum atomic E-state index is 12.5. The molecule has 2 rings (SSSR count). The third-order valence-corrected chi connectivity index (χ3v) is 5.54. The molecule has 7 heteroatoms. The molecule has 2 heterocycles. The zero-order valence-electron chi connectivity index (χ0n) is 14.4. The van der Waals surface area contributed by atoms with Crippen LogP contribution in [0.4, 0.5) is 0 Å². The van der Waals surface area contributed by atoms with Gasteiger partial charge in [0.25, 0.3) is 0 Å². The quantitative estimate of drug-likeness (QED) is 0.748. The summed E-state index contributed by atoms with van der Waals surface area (Å²) in [6.45, 7) is 6.62. The van der Waals surface area contributed by atoms with Crippen molar-refractivity contribution in [1.82, 2.24) is 14.7 Å². The van der Waals surface area contributed by atoms with E-state index in [-0.39, 0.29) is 17.9 Å². The monoisotopic (exact) mass is 342 g/mol. The van der Waals surface area contributed by atoms with Crippen molar-refractivity contribution in [2.45, 2.75) is 38.3 Å². The molecule has 1 unspecified atom stereocenters. The van der Waals surface area contributed by atoms with Gasteiger partial charge in [-0.05, 0) is 38.2 Å². The van der Waals surface area contributed by atoms with Crippen molar-refractivity contribution in [3.63, 3.8) is 0 Å². The average Bonchev–Trinajstić information content (AvgIpc) is 3.12. The molecule has 2 fully saturated rings. The number of amides is 2. The fourth-order valence-electron chi connectivity index (χ4n) is 3.29. The Morgan fingerprint density at radius 1 is 1.00 bits per heavy atom. The number of hydrogen-bond acceptors (Lipinski definition) is 5. The van der Waals surface area contributed by atoms with E-state index in [0.29, 0.717) is 13.1 Å². The van der Waals surface area contributed by atoms with Gasteiger partial charge in [0.05, 0.1) is 12.1 Å². The smallest absolute Gasteiger partial charge is 0.239 e. The minimum atomic E-state index is -0.391. The summed E-state index contributed by atoms with van der Waals surface area (Å²) in [5.41, 5.74) is 5.98. The number of nitrogens with zero attached hydrogens (tertiary/aromatic N) is 3. The molecule has 2 amide bonds. The van der Waals surface area contributed by atoms with Gasteiger partial charge in [0.2, 0.25) is 11.8 Å². The highest BCUT2D eigenvalue weighted by Crippen LogP contribution is 2.14. The average molecular weight is 343 g/mol. The lowest BCUT2D eigenvalue weighted by molar-refractivity contribution is -0.138. The van der Waals surface area contributed by atoms with Crippen LogP contribution in [0.15, 0.2) is 0 Å². The van der Waals surface area contributed by atoms with Crippen molar-refractivity contribution in [2.24, 2.45) is 5.73 Å². The summed E-state index contributed by atoms with van der Waals surface area (Å²) in [4.78, 5) is 30.8. The van der Waals surface area contributed by atoms with Gasteiger partial charge in [-0.2, -0.15) is 11.8 Å². The van der Waals surface area contributed by atoms with Crippen LogP contribution in [0.25, 0.3) is 0 Å². The molecule has 0 aromatic carbocycles. The Morgan fingerprint density at radius 3 is 2.13 bits per heavy atom. The van der Waals surface area contributed by atoms with E-state index in [9.17, 15) is 9.59 Å². The van der Waals surface area contributed by atoms with E-state index in [2.05, 4.69) is 4.90 Å². The lowest BCUT2D eigenvalue weighted by Crippen LogP contribution is -2.57. The summed E-state index contributed by atoms with van der Waals surface area (Å²) in [6, 6.07) is -0.479. The molecule has 23 heavy (non-hydrogen) atoms. The minimum Gasteiger partial charge on any atom is -0.341 e. The maximum Gasteiger partial charge on any atom is 0.239 e. The Kier molecular flexibility index (Phi) is 7.17. The SMILES string of the molecule is CSCC[C@H](N)C(=O)N1CCN(C(C)C(=O)N2CCCC2)CC1. The van der Waals surface area contributed by atoms with E-state index >= 15 is 0 Å². The predicted octanol–water partition coefficient (Wildman–Crippen LogP) is 0.222. The van der Waals surface area contributed by atoms with Crippen molar-refractivity contribution in [2.75, 3.05) is 51.3 Å². The summed E-state index contributed by atoms with van der Waals surface area (Å²) < 4.78 is 0. The summed E-state index contributed by atoms with van der Waals surface area (Å²) in [5.74, 6) is 1.20. The number of carbonyl (C=O) groups is 2. The van der Waals surface area contributed by atoms with Crippen molar-refractivity contribution >= 4 is 23.6 Å². The predicted molar refractivity (Wildman–Crippen MR) is 94.4 cm³/mol. The standard InChI is InChI=1S/C16H30N4O2S/c1-13(15(21)19-6-3-4-7-19)18-8-10-20(11-9-18)16(22)14(17)5-12-23-2/h13-14H,3-12,17H2,1-2H3/t13?,14-/m0/s1. The molecule has 0 aliphatic carbocycles. The number of likely N-dealkylation sites (tertiary alicyclic amines) is 1. The Labute approximate surface area is 143 Å². The van der Waals surface area contributed by atoms with Crippen molar-refractivity contribution in [3.05, 3.63) is 0 Å². The normalized spacial score (nSPS) is 22.2. The molecule has 2 atom stereocenters. The second-order valence-corrected chi connectivity index (χ2v) is 7.44. The van der Waals surface area contributed by atoms with E-state index in [1.54, 1.807) is 11.8 Å². The molecule has 2 aliphatic heterocycles. The van der Waals surface area contributed by atoms with E-state index in [0.717, 1.165) is 51.2 Å². The topological polar surface area (TPSA) is 69.9 Å². The van der Waals surface area contributed by atoms with Gasteiger partial charge >= 0.3 is 0 Å². The van der Waals surface area contributed by atoms with Gasteiger partial charge in [-0.3, -0.25) is 14.5 Å². The molecule has 2 aliphatic rings. The highest BCUT2D eigenvalue weighted by atomic mass is 32.2. The van der Waals surface area contributed by atoms with Gasteiger partial charge in [-0.1, -0.05) is 0 Å². The Hall–Kier alpha value is -0.790. The molecular formula is C16H30N4O2S.